The van der Waals surface area contributed by atoms with E-state index in [1.165, 1.54) is 0 Å². The second kappa shape index (κ2) is 3.38. The fraction of sp³-hybridized carbons (Fsp3) is 0.400. The number of aromatic amines is 1. The molecular formula is C10H14N4. The lowest BCUT2D eigenvalue weighted by Crippen LogP contribution is -2.10. The third kappa shape index (κ3) is 1.48. The van der Waals surface area contributed by atoms with Crippen LogP contribution in [-0.2, 0) is 0 Å². The van der Waals surface area contributed by atoms with E-state index < -0.39 is 0 Å². The number of rotatable bonds is 2. The number of H-pyrrole nitrogens is 1. The predicted molar refractivity (Wildman–Crippen MR) is 55.8 cm³/mol. The number of hydrogen-bond donors (Lipinski definition) is 2. The second-order valence-electron chi connectivity index (χ2n) is 3.52. The fourth-order valence-electron chi connectivity index (χ4n) is 1.39. The molecular weight excluding hydrogens is 176 g/mol. The van der Waals surface area contributed by atoms with Crippen LogP contribution >= 0.6 is 0 Å². The zero-order chi connectivity index (χ0) is 10.1. The number of nitrogens with zero attached hydrogens (tertiary/aromatic N) is 2. The van der Waals surface area contributed by atoms with Gasteiger partial charge < -0.3 is 10.7 Å². The molecule has 3 N–H and O–H groups in total. The standard InChI is InChI=1S/C10H14N4/c1-3-7(11)9-13-8-4-6(2)5-12-10(8)14-9/h4-5,7H,3,11H2,1-2H3,(H,12,13,14). The van der Waals surface area contributed by atoms with Crippen molar-refractivity contribution in [3.05, 3.63) is 23.7 Å². The maximum Gasteiger partial charge on any atom is 0.177 e. The summed E-state index contributed by atoms with van der Waals surface area (Å²) in [7, 11) is 0. The van der Waals surface area contributed by atoms with Gasteiger partial charge in [-0.2, -0.15) is 0 Å². The topological polar surface area (TPSA) is 67.6 Å². The summed E-state index contributed by atoms with van der Waals surface area (Å²) in [6, 6.07) is 2.01. The smallest absolute Gasteiger partial charge is 0.177 e. The summed E-state index contributed by atoms with van der Waals surface area (Å²) in [5, 5.41) is 0. The van der Waals surface area contributed by atoms with Gasteiger partial charge in [-0.1, -0.05) is 6.92 Å². The van der Waals surface area contributed by atoms with Crippen LogP contribution < -0.4 is 5.73 Å². The van der Waals surface area contributed by atoms with E-state index in [0.29, 0.717) is 0 Å². The van der Waals surface area contributed by atoms with Crippen molar-refractivity contribution in [2.24, 2.45) is 5.73 Å². The summed E-state index contributed by atoms with van der Waals surface area (Å²) in [5.41, 5.74) is 8.70. The Bertz CT molecular complexity index is 446. The Hall–Kier alpha value is -1.42. The molecule has 0 saturated heterocycles. The molecule has 0 radical (unpaired) electrons. The van der Waals surface area contributed by atoms with Gasteiger partial charge in [0.15, 0.2) is 5.65 Å². The molecule has 0 saturated carbocycles. The molecule has 0 aliphatic rings. The molecule has 4 heteroatoms. The van der Waals surface area contributed by atoms with Gasteiger partial charge in [-0.25, -0.2) is 9.97 Å². The highest BCUT2D eigenvalue weighted by Gasteiger charge is 2.09. The highest BCUT2D eigenvalue weighted by molar-refractivity contribution is 5.71. The van der Waals surface area contributed by atoms with Gasteiger partial charge in [-0.3, -0.25) is 0 Å². The highest BCUT2D eigenvalue weighted by Crippen LogP contribution is 2.15. The zero-order valence-electron chi connectivity index (χ0n) is 8.41. The van der Waals surface area contributed by atoms with E-state index in [1.807, 2.05) is 26.1 Å². The summed E-state index contributed by atoms with van der Waals surface area (Å²) in [4.78, 5) is 11.7. The highest BCUT2D eigenvalue weighted by atomic mass is 15.0. The van der Waals surface area contributed by atoms with Crippen LogP contribution in [0.4, 0.5) is 0 Å². The lowest BCUT2D eigenvalue weighted by Gasteiger charge is -2.02. The molecule has 0 aliphatic heterocycles. The molecule has 14 heavy (non-hydrogen) atoms. The van der Waals surface area contributed by atoms with E-state index in [0.717, 1.165) is 29.0 Å². The van der Waals surface area contributed by atoms with E-state index >= 15 is 0 Å². The molecule has 0 fully saturated rings. The Morgan fingerprint density at radius 1 is 1.57 bits per heavy atom. The quantitative estimate of drug-likeness (QED) is 0.757. The zero-order valence-corrected chi connectivity index (χ0v) is 8.41. The maximum absolute atomic E-state index is 5.87. The minimum atomic E-state index is -0.0236. The maximum atomic E-state index is 5.87. The van der Waals surface area contributed by atoms with E-state index in [1.54, 1.807) is 0 Å². The van der Waals surface area contributed by atoms with E-state index in [9.17, 15) is 0 Å². The van der Waals surface area contributed by atoms with Crippen molar-refractivity contribution in [3.8, 4) is 0 Å². The average molecular weight is 190 g/mol. The SMILES string of the molecule is CCC(N)c1nc2ncc(C)cc2[nH]1. The van der Waals surface area contributed by atoms with Crippen LogP contribution in [0.15, 0.2) is 12.3 Å². The summed E-state index contributed by atoms with van der Waals surface area (Å²) >= 11 is 0. The van der Waals surface area contributed by atoms with Gasteiger partial charge in [0.05, 0.1) is 11.6 Å². The molecule has 2 heterocycles. The monoisotopic (exact) mass is 190 g/mol. The molecule has 2 rings (SSSR count). The van der Waals surface area contributed by atoms with Gasteiger partial charge >= 0.3 is 0 Å². The van der Waals surface area contributed by atoms with Crippen molar-refractivity contribution >= 4 is 11.2 Å². The summed E-state index contributed by atoms with van der Waals surface area (Å²) in [6.45, 7) is 4.04. The van der Waals surface area contributed by atoms with E-state index in [2.05, 4.69) is 15.0 Å². The third-order valence-corrected chi connectivity index (χ3v) is 2.28. The van der Waals surface area contributed by atoms with Gasteiger partial charge in [0.2, 0.25) is 0 Å². The molecule has 0 aromatic carbocycles. The molecule has 0 aliphatic carbocycles. The Morgan fingerprint density at radius 2 is 2.36 bits per heavy atom. The molecule has 1 atom stereocenters. The number of hydrogen-bond acceptors (Lipinski definition) is 3. The number of fused-ring (bicyclic) bond motifs is 1. The van der Waals surface area contributed by atoms with E-state index in [-0.39, 0.29) is 6.04 Å². The molecule has 0 spiro atoms. The lowest BCUT2D eigenvalue weighted by molar-refractivity contribution is 0.660. The summed E-state index contributed by atoms with van der Waals surface area (Å²) < 4.78 is 0. The number of aryl methyl sites for hydroxylation is 1. The van der Waals surface area contributed by atoms with Gasteiger partial charge in [-0.15, -0.1) is 0 Å². The Kier molecular flexibility index (Phi) is 2.21. The predicted octanol–water partition coefficient (Wildman–Crippen LogP) is 1.68. The average Bonchev–Trinajstić information content (AvgIpc) is 2.59. The molecule has 74 valence electrons. The van der Waals surface area contributed by atoms with Crippen LogP contribution in [-0.4, -0.2) is 15.0 Å². The lowest BCUT2D eigenvalue weighted by atomic mass is 10.2. The van der Waals surface area contributed by atoms with Crippen LogP contribution in [0.3, 0.4) is 0 Å². The molecule has 2 aromatic rings. The van der Waals surface area contributed by atoms with Crippen molar-refractivity contribution in [3.63, 3.8) is 0 Å². The van der Waals surface area contributed by atoms with Gasteiger partial charge in [0, 0.05) is 6.20 Å². The first-order chi connectivity index (χ1) is 6.70. The molecule has 4 nitrogen and oxygen atoms in total. The van der Waals surface area contributed by atoms with Crippen molar-refractivity contribution in [1.29, 1.82) is 0 Å². The van der Waals surface area contributed by atoms with Crippen molar-refractivity contribution < 1.29 is 0 Å². The second-order valence-corrected chi connectivity index (χ2v) is 3.52. The Labute approximate surface area is 82.6 Å². The number of nitrogens with two attached hydrogens (primary N) is 1. The van der Waals surface area contributed by atoms with Gasteiger partial charge in [0.1, 0.15) is 5.82 Å². The van der Waals surface area contributed by atoms with Crippen LogP contribution in [0, 0.1) is 6.92 Å². The minimum absolute atomic E-state index is 0.0236. The number of imidazole rings is 1. The van der Waals surface area contributed by atoms with Crippen LogP contribution in [0.25, 0.3) is 11.2 Å². The summed E-state index contributed by atoms with van der Waals surface area (Å²) in [6.07, 6.45) is 2.68. The van der Waals surface area contributed by atoms with Gasteiger partial charge in [0.25, 0.3) is 0 Å². The van der Waals surface area contributed by atoms with Crippen molar-refractivity contribution in [2.75, 3.05) is 0 Å². The first-order valence-corrected chi connectivity index (χ1v) is 4.78. The molecule has 0 bridgehead atoms. The normalized spacial score (nSPS) is 13.4. The number of aromatic nitrogens is 3. The minimum Gasteiger partial charge on any atom is -0.339 e. The Morgan fingerprint density at radius 3 is 3.07 bits per heavy atom. The first kappa shape index (κ1) is 9.15. The largest absolute Gasteiger partial charge is 0.339 e. The Balaban J connectivity index is 2.51. The van der Waals surface area contributed by atoms with Gasteiger partial charge in [-0.05, 0) is 25.0 Å². The van der Waals surface area contributed by atoms with E-state index in [4.69, 9.17) is 5.73 Å². The number of pyridine rings is 1. The van der Waals surface area contributed by atoms with Crippen LogP contribution in [0.1, 0.15) is 30.8 Å². The molecule has 2 aromatic heterocycles. The number of nitrogens with one attached hydrogen (secondary N) is 1. The van der Waals surface area contributed by atoms with Crippen molar-refractivity contribution in [2.45, 2.75) is 26.3 Å². The molecule has 1 unspecified atom stereocenters. The van der Waals surface area contributed by atoms with Crippen LogP contribution in [0.2, 0.25) is 0 Å². The van der Waals surface area contributed by atoms with Crippen molar-refractivity contribution in [1.82, 2.24) is 15.0 Å². The fourth-order valence-corrected chi connectivity index (χ4v) is 1.39. The first-order valence-electron chi connectivity index (χ1n) is 4.78. The third-order valence-electron chi connectivity index (χ3n) is 2.28. The summed E-state index contributed by atoms with van der Waals surface area (Å²) in [5.74, 6) is 0.820. The van der Waals surface area contributed by atoms with Crippen LogP contribution in [0.5, 0.6) is 0 Å². The molecule has 0 amide bonds.